The summed E-state index contributed by atoms with van der Waals surface area (Å²) in [6.45, 7) is 0. The molecule has 1 aliphatic carbocycles. The Balaban J connectivity index is 2.25. The van der Waals surface area contributed by atoms with E-state index in [-0.39, 0.29) is 22.3 Å². The highest BCUT2D eigenvalue weighted by atomic mass is 35.5. The Morgan fingerprint density at radius 1 is 1.39 bits per heavy atom. The summed E-state index contributed by atoms with van der Waals surface area (Å²) in [5, 5.41) is 13.8. The van der Waals surface area contributed by atoms with Crippen molar-refractivity contribution in [2.45, 2.75) is 31.7 Å². The maximum Gasteiger partial charge on any atom is 0.283 e. The second kappa shape index (κ2) is 5.35. The van der Waals surface area contributed by atoms with E-state index >= 15 is 0 Å². The predicted octanol–water partition coefficient (Wildman–Crippen LogP) is 2.92. The quantitative estimate of drug-likeness (QED) is 0.677. The first-order valence-electron chi connectivity index (χ1n) is 5.83. The van der Waals surface area contributed by atoms with Gasteiger partial charge in [0.25, 0.3) is 11.6 Å². The third-order valence-electron chi connectivity index (χ3n) is 3.11. The van der Waals surface area contributed by atoms with E-state index in [0.717, 1.165) is 25.7 Å². The van der Waals surface area contributed by atoms with Gasteiger partial charge < -0.3 is 5.32 Å². The van der Waals surface area contributed by atoms with E-state index < -0.39 is 10.8 Å². The zero-order valence-electron chi connectivity index (χ0n) is 9.69. The molecule has 96 valence electrons. The zero-order chi connectivity index (χ0) is 13.1. The van der Waals surface area contributed by atoms with E-state index in [0.29, 0.717) is 0 Å². The predicted molar refractivity (Wildman–Crippen MR) is 67.8 cm³/mol. The van der Waals surface area contributed by atoms with Gasteiger partial charge in [-0.2, -0.15) is 0 Å². The molecule has 1 aromatic rings. The standard InChI is InChI=1S/C12H13ClN2O3/c13-9-6-3-7-10(15(17)18)11(9)12(16)14-8-4-1-2-5-8/h3,6-8H,1-2,4-5H2,(H,14,16). The van der Waals surface area contributed by atoms with Gasteiger partial charge >= 0.3 is 0 Å². The van der Waals surface area contributed by atoms with Crippen molar-refractivity contribution in [2.75, 3.05) is 0 Å². The first kappa shape index (κ1) is 12.8. The monoisotopic (exact) mass is 268 g/mol. The molecule has 1 fully saturated rings. The van der Waals surface area contributed by atoms with E-state index in [1.165, 1.54) is 18.2 Å². The van der Waals surface area contributed by atoms with Gasteiger partial charge in [-0.25, -0.2) is 0 Å². The van der Waals surface area contributed by atoms with Gasteiger partial charge in [0.2, 0.25) is 0 Å². The molecule has 0 aromatic heterocycles. The molecule has 0 unspecified atom stereocenters. The van der Waals surface area contributed by atoms with Crippen molar-refractivity contribution in [2.24, 2.45) is 0 Å². The lowest BCUT2D eigenvalue weighted by Crippen LogP contribution is -2.33. The molecule has 0 spiro atoms. The van der Waals surface area contributed by atoms with Crippen LogP contribution >= 0.6 is 11.6 Å². The highest BCUT2D eigenvalue weighted by Gasteiger charge is 2.26. The molecule has 0 heterocycles. The van der Waals surface area contributed by atoms with E-state index in [4.69, 9.17) is 11.6 Å². The van der Waals surface area contributed by atoms with E-state index in [2.05, 4.69) is 5.32 Å². The molecule has 0 atom stereocenters. The molecule has 5 nitrogen and oxygen atoms in total. The topological polar surface area (TPSA) is 72.2 Å². The molecule has 0 aliphatic heterocycles. The molecule has 1 amide bonds. The van der Waals surface area contributed by atoms with Crippen LogP contribution in [0.4, 0.5) is 5.69 Å². The molecular formula is C12H13ClN2O3. The molecule has 1 aromatic carbocycles. The summed E-state index contributed by atoms with van der Waals surface area (Å²) in [7, 11) is 0. The van der Waals surface area contributed by atoms with Gasteiger partial charge in [-0.1, -0.05) is 30.5 Å². The van der Waals surface area contributed by atoms with Crippen molar-refractivity contribution < 1.29 is 9.72 Å². The summed E-state index contributed by atoms with van der Waals surface area (Å²) in [5.41, 5.74) is -0.297. The van der Waals surface area contributed by atoms with Crippen LogP contribution in [-0.2, 0) is 0 Å². The number of hydrogen-bond donors (Lipinski definition) is 1. The Bertz CT molecular complexity index is 484. The average Bonchev–Trinajstić information content (AvgIpc) is 2.81. The van der Waals surface area contributed by atoms with Gasteiger partial charge in [-0.3, -0.25) is 14.9 Å². The third-order valence-corrected chi connectivity index (χ3v) is 3.42. The first-order chi connectivity index (χ1) is 8.59. The molecule has 1 N–H and O–H groups in total. The van der Waals surface area contributed by atoms with Crippen molar-refractivity contribution in [1.82, 2.24) is 5.32 Å². The number of carbonyl (C=O) groups excluding carboxylic acids is 1. The van der Waals surface area contributed by atoms with Crippen molar-refractivity contribution in [3.63, 3.8) is 0 Å². The largest absolute Gasteiger partial charge is 0.349 e. The second-order valence-corrected chi connectivity index (χ2v) is 4.75. The summed E-state index contributed by atoms with van der Waals surface area (Å²) < 4.78 is 0. The minimum Gasteiger partial charge on any atom is -0.349 e. The van der Waals surface area contributed by atoms with Crippen LogP contribution in [0, 0.1) is 10.1 Å². The minimum absolute atomic E-state index is 0.0453. The number of hydrogen-bond acceptors (Lipinski definition) is 3. The molecule has 2 rings (SSSR count). The van der Waals surface area contributed by atoms with Crippen LogP contribution in [0.25, 0.3) is 0 Å². The number of nitrogens with zero attached hydrogens (tertiary/aromatic N) is 1. The number of nitro groups is 1. The lowest BCUT2D eigenvalue weighted by Gasteiger charge is -2.12. The molecule has 1 aliphatic rings. The van der Waals surface area contributed by atoms with Crippen LogP contribution in [0.5, 0.6) is 0 Å². The fraction of sp³-hybridized carbons (Fsp3) is 0.417. The summed E-state index contributed by atoms with van der Waals surface area (Å²) >= 11 is 5.89. The smallest absolute Gasteiger partial charge is 0.283 e. The van der Waals surface area contributed by atoms with Crippen LogP contribution in [0.2, 0.25) is 5.02 Å². The number of rotatable bonds is 3. The summed E-state index contributed by atoms with van der Waals surface area (Å²) in [6.07, 6.45) is 4.00. The van der Waals surface area contributed by atoms with Crippen LogP contribution in [0.1, 0.15) is 36.0 Å². The number of halogens is 1. The van der Waals surface area contributed by atoms with Crippen LogP contribution in [0.15, 0.2) is 18.2 Å². The van der Waals surface area contributed by atoms with Crippen molar-refractivity contribution in [1.29, 1.82) is 0 Å². The van der Waals surface area contributed by atoms with Gasteiger partial charge in [0, 0.05) is 12.1 Å². The highest BCUT2D eigenvalue weighted by molar-refractivity contribution is 6.34. The van der Waals surface area contributed by atoms with E-state index in [1.807, 2.05) is 0 Å². The maximum absolute atomic E-state index is 12.0. The zero-order valence-corrected chi connectivity index (χ0v) is 10.4. The minimum atomic E-state index is -0.588. The molecule has 18 heavy (non-hydrogen) atoms. The molecular weight excluding hydrogens is 256 g/mol. The lowest BCUT2D eigenvalue weighted by molar-refractivity contribution is -0.385. The fourth-order valence-electron chi connectivity index (χ4n) is 2.22. The lowest BCUT2D eigenvalue weighted by atomic mass is 10.1. The van der Waals surface area contributed by atoms with Crippen molar-refractivity contribution in [3.8, 4) is 0 Å². The van der Waals surface area contributed by atoms with Gasteiger partial charge in [-0.15, -0.1) is 0 Å². The van der Waals surface area contributed by atoms with Gasteiger partial charge in [0.1, 0.15) is 5.56 Å². The van der Waals surface area contributed by atoms with Gasteiger partial charge in [0.15, 0.2) is 0 Å². The Kier molecular flexibility index (Phi) is 3.81. The molecule has 0 saturated heterocycles. The number of nitrogens with one attached hydrogen (secondary N) is 1. The Labute approximate surface area is 109 Å². The van der Waals surface area contributed by atoms with Gasteiger partial charge in [-0.05, 0) is 18.9 Å². The Hall–Kier alpha value is -1.62. The van der Waals surface area contributed by atoms with E-state index in [9.17, 15) is 14.9 Å². The van der Waals surface area contributed by atoms with Crippen molar-refractivity contribution >= 4 is 23.2 Å². The van der Waals surface area contributed by atoms with Crippen LogP contribution in [0.3, 0.4) is 0 Å². The summed E-state index contributed by atoms with van der Waals surface area (Å²) in [5.74, 6) is -0.459. The number of carbonyl (C=O) groups is 1. The number of amides is 1. The van der Waals surface area contributed by atoms with Crippen molar-refractivity contribution in [3.05, 3.63) is 38.9 Å². The molecule has 0 radical (unpaired) electrons. The summed E-state index contributed by atoms with van der Waals surface area (Å²) in [4.78, 5) is 22.3. The SMILES string of the molecule is O=C(NC1CCCC1)c1c(Cl)cccc1[N+](=O)[O-]. The van der Waals surface area contributed by atoms with Gasteiger partial charge in [0.05, 0.1) is 9.95 Å². The summed E-state index contributed by atoms with van der Waals surface area (Å²) in [6, 6.07) is 4.34. The Morgan fingerprint density at radius 3 is 2.67 bits per heavy atom. The maximum atomic E-state index is 12.0. The fourth-order valence-corrected chi connectivity index (χ4v) is 2.47. The first-order valence-corrected chi connectivity index (χ1v) is 6.21. The molecule has 0 bridgehead atoms. The Morgan fingerprint density at radius 2 is 2.06 bits per heavy atom. The van der Waals surface area contributed by atoms with Crippen LogP contribution in [-0.4, -0.2) is 16.9 Å². The molecule has 6 heteroatoms. The van der Waals surface area contributed by atoms with E-state index in [1.54, 1.807) is 0 Å². The highest BCUT2D eigenvalue weighted by Crippen LogP contribution is 2.27. The molecule has 1 saturated carbocycles. The second-order valence-electron chi connectivity index (χ2n) is 4.35. The van der Waals surface area contributed by atoms with Crippen LogP contribution < -0.4 is 5.32 Å². The normalized spacial score (nSPS) is 15.6. The average molecular weight is 269 g/mol. The third kappa shape index (κ3) is 2.61. The number of benzene rings is 1. The number of nitro benzene ring substituents is 1.